The second-order valence-electron chi connectivity index (χ2n) is 7.55. The Labute approximate surface area is 192 Å². The summed E-state index contributed by atoms with van der Waals surface area (Å²) in [6.45, 7) is 3.63. The van der Waals surface area contributed by atoms with Crippen molar-refractivity contribution in [3.05, 3.63) is 80.7 Å². The molecule has 0 spiro atoms. The first-order valence-corrected chi connectivity index (χ1v) is 11.0. The lowest BCUT2D eigenvalue weighted by atomic mass is 10.1. The monoisotopic (exact) mass is 464 g/mol. The Bertz CT molecular complexity index is 1390. The number of non-ortho nitro benzene ring substituents is 1. The first-order valence-electron chi connectivity index (χ1n) is 10.1. The number of ether oxygens (including phenoxy) is 1. The third-order valence-electron chi connectivity index (χ3n) is 4.75. The van der Waals surface area contributed by atoms with Gasteiger partial charge in [-0.15, -0.1) is 11.3 Å². The van der Waals surface area contributed by atoms with E-state index < -0.39 is 10.5 Å². The molecule has 10 heteroatoms. The number of carbonyl (C=O) groups is 1. The van der Waals surface area contributed by atoms with E-state index in [0.717, 1.165) is 0 Å². The van der Waals surface area contributed by atoms with Gasteiger partial charge in [-0.25, -0.2) is 4.98 Å². The van der Waals surface area contributed by atoms with Gasteiger partial charge in [0.25, 0.3) is 11.2 Å². The average molecular weight is 465 g/mol. The number of benzene rings is 2. The largest absolute Gasteiger partial charge is 0.491 e. The number of nitro groups is 1. The van der Waals surface area contributed by atoms with Gasteiger partial charge in [0, 0.05) is 28.8 Å². The van der Waals surface area contributed by atoms with Crippen LogP contribution in [0.25, 0.3) is 21.3 Å². The van der Waals surface area contributed by atoms with Crippen molar-refractivity contribution in [1.29, 1.82) is 0 Å². The minimum absolute atomic E-state index is 0.0451. The van der Waals surface area contributed by atoms with Crippen LogP contribution >= 0.6 is 11.3 Å². The molecule has 2 aromatic carbocycles. The van der Waals surface area contributed by atoms with Crippen LogP contribution in [-0.2, 0) is 11.3 Å². The Hall–Kier alpha value is -4.05. The van der Waals surface area contributed by atoms with Gasteiger partial charge in [0.15, 0.2) is 0 Å². The van der Waals surface area contributed by atoms with E-state index >= 15 is 0 Å². The van der Waals surface area contributed by atoms with Gasteiger partial charge in [-0.05, 0) is 43.7 Å². The van der Waals surface area contributed by atoms with Gasteiger partial charge < -0.3 is 10.1 Å². The van der Waals surface area contributed by atoms with E-state index in [1.54, 1.807) is 41.8 Å². The van der Waals surface area contributed by atoms with Crippen LogP contribution in [0, 0.1) is 10.1 Å². The maximum absolute atomic E-state index is 13.1. The molecule has 1 N–H and O–H groups in total. The van der Waals surface area contributed by atoms with Crippen LogP contribution in [0.4, 0.5) is 11.4 Å². The van der Waals surface area contributed by atoms with Gasteiger partial charge in [0.1, 0.15) is 17.1 Å². The topological polar surface area (TPSA) is 116 Å². The Balaban J connectivity index is 1.58. The maximum Gasteiger partial charge on any atom is 0.270 e. The molecule has 0 fully saturated rings. The number of thiophene rings is 1. The maximum atomic E-state index is 13.1. The molecule has 0 aliphatic heterocycles. The number of anilines is 1. The Morgan fingerprint density at radius 2 is 2.00 bits per heavy atom. The molecule has 0 aliphatic rings. The normalized spacial score (nSPS) is 11.0. The number of nitrogens with zero attached hydrogens (tertiary/aromatic N) is 3. The van der Waals surface area contributed by atoms with E-state index in [4.69, 9.17) is 4.74 Å². The van der Waals surface area contributed by atoms with Crippen LogP contribution in [0.3, 0.4) is 0 Å². The molecule has 0 aliphatic carbocycles. The van der Waals surface area contributed by atoms with Crippen LogP contribution < -0.4 is 15.6 Å². The summed E-state index contributed by atoms with van der Waals surface area (Å²) >= 11 is 1.27. The number of fused-ring (bicyclic) bond motifs is 1. The second-order valence-corrected chi connectivity index (χ2v) is 8.41. The average Bonchev–Trinajstić information content (AvgIpc) is 3.22. The van der Waals surface area contributed by atoms with Gasteiger partial charge in [-0.2, -0.15) is 0 Å². The highest BCUT2D eigenvalue weighted by molar-refractivity contribution is 7.17. The SMILES string of the molecule is CC(C)Oc1ccc(NC(=O)Cn2cnc3scc(-c4cccc([N+](=O)[O-])c4)c3c2=O)cc1. The van der Waals surface area contributed by atoms with Crippen molar-refractivity contribution in [3.8, 4) is 16.9 Å². The Morgan fingerprint density at radius 1 is 1.24 bits per heavy atom. The fourth-order valence-corrected chi connectivity index (χ4v) is 4.23. The van der Waals surface area contributed by atoms with Crippen molar-refractivity contribution >= 4 is 38.8 Å². The van der Waals surface area contributed by atoms with Crippen LogP contribution in [0.2, 0.25) is 0 Å². The van der Waals surface area contributed by atoms with E-state index in [0.29, 0.717) is 32.8 Å². The molecule has 2 aromatic heterocycles. The molecule has 2 heterocycles. The molecule has 168 valence electrons. The zero-order valence-electron chi connectivity index (χ0n) is 17.8. The highest BCUT2D eigenvalue weighted by Crippen LogP contribution is 2.32. The number of rotatable bonds is 7. The summed E-state index contributed by atoms with van der Waals surface area (Å²) in [5.74, 6) is 0.308. The number of nitrogens with one attached hydrogen (secondary N) is 1. The smallest absolute Gasteiger partial charge is 0.270 e. The number of aromatic nitrogens is 2. The molecular weight excluding hydrogens is 444 g/mol. The van der Waals surface area contributed by atoms with Gasteiger partial charge in [-0.3, -0.25) is 24.3 Å². The molecule has 1 amide bonds. The fourth-order valence-electron chi connectivity index (χ4n) is 3.32. The van der Waals surface area contributed by atoms with E-state index in [9.17, 15) is 19.7 Å². The summed E-state index contributed by atoms with van der Waals surface area (Å²) in [5.41, 5.74) is 1.21. The van der Waals surface area contributed by atoms with Crippen molar-refractivity contribution in [2.24, 2.45) is 0 Å². The van der Waals surface area contributed by atoms with Crippen molar-refractivity contribution < 1.29 is 14.5 Å². The molecule has 9 nitrogen and oxygen atoms in total. The van der Waals surface area contributed by atoms with Gasteiger partial charge in [0.05, 0.1) is 22.7 Å². The molecule has 0 radical (unpaired) electrons. The zero-order valence-corrected chi connectivity index (χ0v) is 18.7. The van der Waals surface area contributed by atoms with Crippen LogP contribution in [-0.4, -0.2) is 26.5 Å². The lowest BCUT2D eigenvalue weighted by Crippen LogP contribution is -2.27. The predicted molar refractivity (Wildman–Crippen MR) is 127 cm³/mol. The number of hydrogen-bond donors (Lipinski definition) is 1. The molecule has 0 saturated heterocycles. The van der Waals surface area contributed by atoms with Crippen molar-refractivity contribution in [2.75, 3.05) is 5.32 Å². The van der Waals surface area contributed by atoms with Crippen molar-refractivity contribution in [1.82, 2.24) is 9.55 Å². The first-order chi connectivity index (χ1) is 15.8. The lowest BCUT2D eigenvalue weighted by Gasteiger charge is -2.11. The Kier molecular flexibility index (Phi) is 6.18. The first kappa shape index (κ1) is 22.2. The fraction of sp³-hybridized carbons (Fsp3) is 0.174. The van der Waals surface area contributed by atoms with Crippen LogP contribution in [0.15, 0.2) is 65.0 Å². The van der Waals surface area contributed by atoms with Crippen LogP contribution in [0.5, 0.6) is 5.75 Å². The molecule has 0 saturated carbocycles. The highest BCUT2D eigenvalue weighted by Gasteiger charge is 2.16. The predicted octanol–water partition coefficient (Wildman–Crippen LogP) is 4.46. The summed E-state index contributed by atoms with van der Waals surface area (Å²) in [6, 6.07) is 13.0. The van der Waals surface area contributed by atoms with E-state index in [1.807, 2.05) is 13.8 Å². The highest BCUT2D eigenvalue weighted by atomic mass is 32.1. The van der Waals surface area contributed by atoms with E-state index in [-0.39, 0.29) is 24.2 Å². The summed E-state index contributed by atoms with van der Waals surface area (Å²) in [7, 11) is 0. The zero-order chi connectivity index (χ0) is 23.5. The number of nitro benzene ring substituents is 1. The third-order valence-corrected chi connectivity index (χ3v) is 5.64. The molecule has 0 atom stereocenters. The molecule has 33 heavy (non-hydrogen) atoms. The van der Waals surface area contributed by atoms with Gasteiger partial charge in [-0.1, -0.05) is 12.1 Å². The van der Waals surface area contributed by atoms with Crippen molar-refractivity contribution in [2.45, 2.75) is 26.5 Å². The molecule has 0 unspecified atom stereocenters. The Morgan fingerprint density at radius 3 is 2.70 bits per heavy atom. The van der Waals surface area contributed by atoms with Crippen LogP contribution in [0.1, 0.15) is 13.8 Å². The third kappa shape index (κ3) is 4.90. The molecule has 4 aromatic rings. The molecule has 4 rings (SSSR count). The minimum Gasteiger partial charge on any atom is -0.491 e. The van der Waals surface area contributed by atoms with E-state index in [2.05, 4.69) is 10.3 Å². The summed E-state index contributed by atoms with van der Waals surface area (Å²) in [4.78, 5) is 41.1. The quantitative estimate of drug-likeness (QED) is 0.319. The lowest BCUT2D eigenvalue weighted by molar-refractivity contribution is -0.384. The minimum atomic E-state index is -0.486. The second kappa shape index (κ2) is 9.21. The number of hydrogen-bond acceptors (Lipinski definition) is 7. The number of carbonyl (C=O) groups excluding carboxylic acids is 1. The van der Waals surface area contributed by atoms with Gasteiger partial charge in [0.2, 0.25) is 5.91 Å². The summed E-state index contributed by atoms with van der Waals surface area (Å²) in [5, 5.41) is 15.9. The van der Waals surface area contributed by atoms with E-state index in [1.165, 1.54) is 34.4 Å². The van der Waals surface area contributed by atoms with Crippen molar-refractivity contribution in [3.63, 3.8) is 0 Å². The van der Waals surface area contributed by atoms with Gasteiger partial charge >= 0.3 is 0 Å². The molecule has 0 bridgehead atoms. The standard InChI is InChI=1S/C23H20N4O5S/c1-14(2)32-18-8-6-16(7-9-18)25-20(28)11-26-13-24-22-21(23(26)29)19(12-33-22)15-4-3-5-17(10-15)27(30)31/h3-10,12-14H,11H2,1-2H3,(H,25,28). The summed E-state index contributed by atoms with van der Waals surface area (Å²) in [6.07, 6.45) is 1.38. The summed E-state index contributed by atoms with van der Waals surface area (Å²) < 4.78 is 6.81. The number of amides is 1. The molecular formula is C23H20N4O5S.